The number of ether oxygens (including phenoxy) is 1. The van der Waals surface area contributed by atoms with Crippen LogP contribution in [-0.4, -0.2) is 36.4 Å². The van der Waals surface area contributed by atoms with Crippen molar-refractivity contribution >= 4 is 23.2 Å². The minimum absolute atomic E-state index is 0.0146. The Hall–Kier alpha value is -3.87. The van der Waals surface area contributed by atoms with Crippen molar-refractivity contribution in [3.63, 3.8) is 0 Å². The number of carbonyl (C=O) groups excluding carboxylic acids is 2. The molecule has 0 atom stereocenters. The van der Waals surface area contributed by atoms with Crippen LogP contribution in [0.5, 0.6) is 11.6 Å². The molecule has 0 spiro atoms. The molecule has 7 nitrogen and oxygen atoms in total. The SMILES string of the molecule is O=C1CN(c2ccc(NC(=O)c3ccc(Oc4ccccc4)nc3)cc2)CCN1. The molecule has 1 aliphatic heterocycles. The monoisotopic (exact) mass is 388 g/mol. The number of para-hydroxylation sites is 1. The molecule has 2 N–H and O–H groups in total. The number of amides is 2. The summed E-state index contributed by atoms with van der Waals surface area (Å²) in [6, 6.07) is 20.1. The van der Waals surface area contributed by atoms with Gasteiger partial charge < -0.3 is 20.3 Å². The van der Waals surface area contributed by atoms with Crippen LogP contribution in [-0.2, 0) is 4.79 Å². The Labute approximate surface area is 168 Å². The van der Waals surface area contributed by atoms with Gasteiger partial charge in [-0.15, -0.1) is 0 Å². The van der Waals surface area contributed by atoms with E-state index >= 15 is 0 Å². The average molecular weight is 388 g/mol. The van der Waals surface area contributed by atoms with Gasteiger partial charge in [-0.2, -0.15) is 0 Å². The van der Waals surface area contributed by atoms with Crippen molar-refractivity contribution < 1.29 is 14.3 Å². The highest BCUT2D eigenvalue weighted by Gasteiger charge is 2.16. The van der Waals surface area contributed by atoms with Crippen LogP contribution >= 0.6 is 0 Å². The Morgan fingerprint density at radius 3 is 2.52 bits per heavy atom. The first-order chi connectivity index (χ1) is 14.2. The van der Waals surface area contributed by atoms with Crippen molar-refractivity contribution in [2.24, 2.45) is 0 Å². The first kappa shape index (κ1) is 18.5. The van der Waals surface area contributed by atoms with Crippen LogP contribution in [0.15, 0.2) is 72.9 Å². The van der Waals surface area contributed by atoms with Crippen LogP contribution in [0.25, 0.3) is 0 Å². The predicted octanol–water partition coefficient (Wildman–Crippen LogP) is 3.06. The number of rotatable bonds is 5. The quantitative estimate of drug-likeness (QED) is 0.702. The molecule has 1 saturated heterocycles. The Bertz CT molecular complexity index is 989. The van der Waals surface area contributed by atoms with E-state index in [2.05, 4.69) is 15.6 Å². The summed E-state index contributed by atoms with van der Waals surface area (Å²) in [4.78, 5) is 30.2. The highest BCUT2D eigenvalue weighted by Crippen LogP contribution is 2.21. The molecule has 29 heavy (non-hydrogen) atoms. The van der Waals surface area contributed by atoms with Crippen LogP contribution in [0.1, 0.15) is 10.4 Å². The summed E-state index contributed by atoms with van der Waals surface area (Å²) in [6.45, 7) is 1.74. The fourth-order valence-corrected chi connectivity index (χ4v) is 3.00. The number of piperazine rings is 1. The summed E-state index contributed by atoms with van der Waals surface area (Å²) in [7, 11) is 0. The van der Waals surface area contributed by atoms with Crippen molar-refractivity contribution in [2.75, 3.05) is 29.9 Å². The van der Waals surface area contributed by atoms with Crippen molar-refractivity contribution in [1.29, 1.82) is 0 Å². The topological polar surface area (TPSA) is 83.6 Å². The summed E-state index contributed by atoms with van der Waals surface area (Å²) in [5, 5.41) is 5.65. The molecule has 0 unspecified atom stereocenters. The number of aromatic nitrogens is 1. The van der Waals surface area contributed by atoms with Crippen LogP contribution in [0.2, 0.25) is 0 Å². The van der Waals surface area contributed by atoms with Gasteiger partial charge in [0.05, 0.1) is 12.1 Å². The largest absolute Gasteiger partial charge is 0.439 e. The molecule has 4 rings (SSSR count). The molecule has 146 valence electrons. The molecule has 0 saturated carbocycles. The Morgan fingerprint density at radius 2 is 1.83 bits per heavy atom. The summed E-state index contributed by atoms with van der Waals surface area (Å²) >= 11 is 0. The molecular formula is C22H20N4O3. The number of pyridine rings is 1. The molecule has 1 aromatic heterocycles. The number of nitrogens with one attached hydrogen (secondary N) is 2. The van der Waals surface area contributed by atoms with Gasteiger partial charge in [-0.1, -0.05) is 18.2 Å². The first-order valence-electron chi connectivity index (χ1n) is 9.29. The van der Waals surface area contributed by atoms with E-state index in [0.29, 0.717) is 36.0 Å². The van der Waals surface area contributed by atoms with Gasteiger partial charge in [0.1, 0.15) is 5.75 Å². The molecule has 0 aliphatic carbocycles. The smallest absolute Gasteiger partial charge is 0.257 e. The second-order valence-electron chi connectivity index (χ2n) is 6.57. The van der Waals surface area contributed by atoms with Crippen LogP contribution in [0.3, 0.4) is 0 Å². The molecule has 2 heterocycles. The van der Waals surface area contributed by atoms with E-state index in [1.165, 1.54) is 6.20 Å². The predicted molar refractivity (Wildman–Crippen MR) is 110 cm³/mol. The van der Waals surface area contributed by atoms with Crippen molar-refractivity contribution in [3.05, 3.63) is 78.5 Å². The lowest BCUT2D eigenvalue weighted by Gasteiger charge is -2.28. The molecule has 1 fully saturated rings. The van der Waals surface area contributed by atoms with E-state index < -0.39 is 0 Å². The second-order valence-corrected chi connectivity index (χ2v) is 6.57. The summed E-state index contributed by atoms with van der Waals surface area (Å²) in [5.41, 5.74) is 2.05. The van der Waals surface area contributed by atoms with Gasteiger partial charge in [0.15, 0.2) is 0 Å². The summed E-state index contributed by atoms with van der Waals surface area (Å²) in [5.74, 6) is 0.862. The fraction of sp³-hybridized carbons (Fsp3) is 0.136. The zero-order valence-corrected chi connectivity index (χ0v) is 15.7. The van der Waals surface area contributed by atoms with Crippen molar-refractivity contribution in [3.8, 4) is 11.6 Å². The molecule has 2 amide bonds. The molecule has 3 aromatic rings. The van der Waals surface area contributed by atoms with Gasteiger partial charge in [0.25, 0.3) is 5.91 Å². The van der Waals surface area contributed by atoms with E-state index in [1.54, 1.807) is 12.1 Å². The maximum absolute atomic E-state index is 12.5. The highest BCUT2D eigenvalue weighted by molar-refractivity contribution is 6.04. The molecule has 7 heteroatoms. The average Bonchev–Trinajstić information content (AvgIpc) is 2.75. The maximum Gasteiger partial charge on any atom is 0.257 e. The Balaban J connectivity index is 1.37. The fourth-order valence-electron chi connectivity index (χ4n) is 3.00. The van der Waals surface area contributed by atoms with Gasteiger partial charge in [0.2, 0.25) is 11.8 Å². The summed E-state index contributed by atoms with van der Waals surface area (Å²) < 4.78 is 5.63. The van der Waals surface area contributed by atoms with Crippen molar-refractivity contribution in [2.45, 2.75) is 0 Å². The van der Waals surface area contributed by atoms with Gasteiger partial charge in [-0.3, -0.25) is 9.59 Å². The highest BCUT2D eigenvalue weighted by atomic mass is 16.5. The lowest BCUT2D eigenvalue weighted by atomic mass is 10.2. The zero-order valence-electron chi connectivity index (χ0n) is 15.7. The van der Waals surface area contributed by atoms with Crippen LogP contribution in [0.4, 0.5) is 11.4 Å². The number of nitrogens with zero attached hydrogens (tertiary/aromatic N) is 2. The van der Waals surface area contributed by atoms with Gasteiger partial charge >= 0.3 is 0 Å². The molecule has 0 radical (unpaired) electrons. The van der Waals surface area contributed by atoms with Gasteiger partial charge in [-0.25, -0.2) is 4.98 Å². The third-order valence-corrected chi connectivity index (χ3v) is 4.49. The molecule has 0 bridgehead atoms. The Kier molecular flexibility index (Phi) is 5.38. The lowest BCUT2D eigenvalue weighted by molar-refractivity contribution is -0.120. The minimum Gasteiger partial charge on any atom is -0.439 e. The lowest BCUT2D eigenvalue weighted by Crippen LogP contribution is -2.47. The molecular weight excluding hydrogens is 368 g/mol. The molecule has 2 aromatic carbocycles. The van der Waals surface area contributed by atoms with Gasteiger partial charge in [-0.05, 0) is 42.5 Å². The van der Waals surface area contributed by atoms with Gasteiger partial charge in [0, 0.05) is 36.7 Å². The van der Waals surface area contributed by atoms with Crippen LogP contribution < -0.4 is 20.3 Å². The number of benzene rings is 2. The number of hydrogen-bond acceptors (Lipinski definition) is 5. The molecule has 1 aliphatic rings. The van der Waals surface area contributed by atoms with Crippen LogP contribution in [0, 0.1) is 0 Å². The number of carbonyl (C=O) groups is 2. The first-order valence-corrected chi connectivity index (χ1v) is 9.29. The minimum atomic E-state index is -0.256. The zero-order chi connectivity index (χ0) is 20.1. The third-order valence-electron chi connectivity index (χ3n) is 4.49. The maximum atomic E-state index is 12.5. The standard InChI is InChI=1S/C22H20N4O3/c27-20-15-26(13-12-23-20)18-9-7-17(8-10-18)25-22(28)16-6-11-21(24-14-16)29-19-4-2-1-3-5-19/h1-11,14H,12-13,15H2,(H,23,27)(H,25,28). The van der Waals surface area contributed by atoms with E-state index in [0.717, 1.165) is 12.2 Å². The van der Waals surface area contributed by atoms with E-state index in [9.17, 15) is 9.59 Å². The number of anilines is 2. The Morgan fingerprint density at radius 1 is 1.03 bits per heavy atom. The van der Waals surface area contributed by atoms with E-state index in [-0.39, 0.29) is 11.8 Å². The van der Waals surface area contributed by atoms with E-state index in [4.69, 9.17) is 4.74 Å². The normalized spacial score (nSPS) is 13.5. The number of hydrogen-bond donors (Lipinski definition) is 2. The van der Waals surface area contributed by atoms with E-state index in [1.807, 2.05) is 59.5 Å². The van der Waals surface area contributed by atoms with Crippen molar-refractivity contribution in [1.82, 2.24) is 10.3 Å². The summed E-state index contributed by atoms with van der Waals surface area (Å²) in [6.07, 6.45) is 1.48. The third kappa shape index (κ3) is 4.70. The second kappa shape index (κ2) is 8.43.